The minimum Gasteiger partial charge on any atom is -0.488 e. The van der Waals surface area contributed by atoms with Gasteiger partial charge >= 0.3 is 0 Å². The highest BCUT2D eigenvalue weighted by atomic mass is 16.6. The van der Waals surface area contributed by atoms with Crippen LogP contribution in [-0.4, -0.2) is 47.3 Å². The standard InChI is InChI=1S/C24H29N3O4/c1-16-15-28-9-10-29-17(2)18-11-19(14-25-13-18)24-21-12-20(31-16)6-7-22(21)27(26-24)23-5-3-4-8-30-23/h6-7,11-14,16-17,23H,3-5,8-10,15H2,1-2H3/t16-,17-,23?/m1/s1. The topological polar surface area (TPSA) is 67.6 Å². The van der Waals surface area contributed by atoms with Crippen molar-refractivity contribution in [1.82, 2.24) is 14.8 Å². The molecular weight excluding hydrogens is 394 g/mol. The van der Waals surface area contributed by atoms with Gasteiger partial charge in [-0.05, 0) is 62.9 Å². The van der Waals surface area contributed by atoms with Gasteiger partial charge in [-0.1, -0.05) is 0 Å². The van der Waals surface area contributed by atoms with E-state index < -0.39 is 0 Å². The highest BCUT2D eigenvalue weighted by Gasteiger charge is 2.23. The highest BCUT2D eigenvalue weighted by Crippen LogP contribution is 2.35. The first kappa shape index (κ1) is 20.4. The Kier molecular flexibility index (Phi) is 5.89. The van der Waals surface area contributed by atoms with Crippen LogP contribution in [0.4, 0.5) is 0 Å². The molecule has 7 nitrogen and oxygen atoms in total. The number of aromatic nitrogens is 3. The lowest BCUT2D eigenvalue weighted by atomic mass is 10.1. The minimum absolute atomic E-state index is 0.0481. The highest BCUT2D eigenvalue weighted by molar-refractivity contribution is 5.94. The van der Waals surface area contributed by atoms with Gasteiger partial charge in [-0.25, -0.2) is 4.68 Å². The minimum atomic E-state index is -0.0829. The van der Waals surface area contributed by atoms with Gasteiger partial charge in [0.15, 0.2) is 6.23 Å². The Morgan fingerprint density at radius 3 is 2.81 bits per heavy atom. The average molecular weight is 424 g/mol. The van der Waals surface area contributed by atoms with E-state index in [9.17, 15) is 0 Å². The first-order chi connectivity index (χ1) is 15.2. The Morgan fingerprint density at radius 2 is 1.94 bits per heavy atom. The van der Waals surface area contributed by atoms with Crippen molar-refractivity contribution in [3.05, 3.63) is 42.2 Å². The van der Waals surface area contributed by atoms with Crippen molar-refractivity contribution in [3.8, 4) is 17.0 Å². The molecule has 2 aliphatic rings. The zero-order chi connectivity index (χ0) is 21.2. The van der Waals surface area contributed by atoms with Crippen LogP contribution in [0.15, 0.2) is 36.7 Å². The molecular formula is C24H29N3O4. The van der Waals surface area contributed by atoms with E-state index in [2.05, 4.69) is 23.2 Å². The van der Waals surface area contributed by atoms with Crippen molar-refractivity contribution >= 4 is 10.9 Å². The molecule has 164 valence electrons. The Hall–Kier alpha value is -2.48. The lowest BCUT2D eigenvalue weighted by Crippen LogP contribution is -2.21. The fourth-order valence-corrected chi connectivity index (χ4v) is 4.25. The number of benzene rings is 1. The van der Waals surface area contributed by atoms with Gasteiger partial charge in [0.05, 0.1) is 31.4 Å². The maximum absolute atomic E-state index is 6.13. The predicted molar refractivity (Wildman–Crippen MR) is 117 cm³/mol. The first-order valence-electron chi connectivity index (χ1n) is 11.1. The molecule has 31 heavy (non-hydrogen) atoms. The number of ether oxygens (including phenoxy) is 4. The summed E-state index contributed by atoms with van der Waals surface area (Å²) in [5.74, 6) is 0.803. The van der Waals surface area contributed by atoms with Crippen LogP contribution in [-0.2, 0) is 14.2 Å². The van der Waals surface area contributed by atoms with Gasteiger partial charge in [0.1, 0.15) is 17.5 Å². The zero-order valence-electron chi connectivity index (χ0n) is 18.1. The summed E-state index contributed by atoms with van der Waals surface area (Å²) in [6.07, 6.45) is 6.73. The van der Waals surface area contributed by atoms with E-state index in [0.717, 1.165) is 59.3 Å². The van der Waals surface area contributed by atoms with Gasteiger partial charge in [0.2, 0.25) is 0 Å². The summed E-state index contributed by atoms with van der Waals surface area (Å²) in [4.78, 5) is 4.48. The van der Waals surface area contributed by atoms with Crippen LogP contribution in [0, 0.1) is 0 Å². The Labute approximate surface area is 182 Å². The van der Waals surface area contributed by atoms with Crippen LogP contribution in [0.5, 0.6) is 5.75 Å². The fraction of sp³-hybridized carbons (Fsp3) is 0.500. The molecule has 1 saturated heterocycles. The average Bonchev–Trinajstić information content (AvgIpc) is 3.18. The van der Waals surface area contributed by atoms with E-state index in [1.807, 2.05) is 37.0 Å². The van der Waals surface area contributed by atoms with Gasteiger partial charge in [-0.15, -0.1) is 0 Å². The van der Waals surface area contributed by atoms with Crippen LogP contribution < -0.4 is 4.74 Å². The molecule has 0 spiro atoms. The number of hydrogen-bond acceptors (Lipinski definition) is 6. The van der Waals surface area contributed by atoms with Crippen LogP contribution in [0.25, 0.3) is 22.2 Å². The molecule has 2 aliphatic heterocycles. The maximum atomic E-state index is 6.13. The second kappa shape index (κ2) is 8.94. The van der Waals surface area contributed by atoms with Crippen molar-refractivity contribution in [3.63, 3.8) is 0 Å². The van der Waals surface area contributed by atoms with Crippen molar-refractivity contribution in [2.24, 2.45) is 0 Å². The smallest absolute Gasteiger partial charge is 0.150 e. The Bertz CT molecular complexity index is 1040. The third-order valence-electron chi connectivity index (χ3n) is 5.89. The van der Waals surface area contributed by atoms with Crippen LogP contribution in [0.3, 0.4) is 0 Å². The summed E-state index contributed by atoms with van der Waals surface area (Å²) in [7, 11) is 0. The second-order valence-electron chi connectivity index (χ2n) is 8.32. The quantitative estimate of drug-likeness (QED) is 0.567. The summed E-state index contributed by atoms with van der Waals surface area (Å²) in [5.41, 5.74) is 3.90. The summed E-state index contributed by atoms with van der Waals surface area (Å²) in [5, 5.41) is 6.04. The van der Waals surface area contributed by atoms with E-state index >= 15 is 0 Å². The van der Waals surface area contributed by atoms with Gasteiger partial charge in [-0.3, -0.25) is 4.98 Å². The molecule has 0 saturated carbocycles. The fourth-order valence-electron chi connectivity index (χ4n) is 4.25. The molecule has 1 aromatic carbocycles. The van der Waals surface area contributed by atoms with Gasteiger partial charge in [0, 0.05) is 30.0 Å². The predicted octanol–water partition coefficient (Wildman–Crippen LogP) is 4.67. The van der Waals surface area contributed by atoms with Gasteiger partial charge in [0.25, 0.3) is 0 Å². The van der Waals surface area contributed by atoms with Crippen molar-refractivity contribution < 1.29 is 18.9 Å². The van der Waals surface area contributed by atoms with Crippen LogP contribution in [0.2, 0.25) is 0 Å². The molecule has 4 heterocycles. The molecule has 4 bridgehead atoms. The SMILES string of the molecule is C[C@@H]1COCCO[C@H](C)c2cncc(c2)-c2nn(C3CCCCO3)c3ccc(cc23)O1. The summed E-state index contributed by atoms with van der Waals surface area (Å²) in [6, 6.07) is 8.26. The summed E-state index contributed by atoms with van der Waals surface area (Å²) < 4.78 is 25.9. The number of pyridine rings is 1. The van der Waals surface area contributed by atoms with E-state index in [-0.39, 0.29) is 18.4 Å². The number of rotatable bonds is 1. The number of nitrogens with zero attached hydrogens (tertiary/aromatic N) is 3. The first-order valence-corrected chi connectivity index (χ1v) is 11.1. The normalized spacial score (nSPS) is 25.0. The lowest BCUT2D eigenvalue weighted by Gasteiger charge is -2.23. The Morgan fingerprint density at radius 1 is 1.00 bits per heavy atom. The number of fused-ring (bicyclic) bond motifs is 4. The number of hydrogen-bond donors (Lipinski definition) is 0. The molecule has 0 aliphatic carbocycles. The molecule has 1 unspecified atom stereocenters. The van der Waals surface area contributed by atoms with E-state index in [1.54, 1.807) is 0 Å². The van der Waals surface area contributed by atoms with Crippen molar-refractivity contribution in [2.45, 2.75) is 51.5 Å². The lowest BCUT2D eigenvalue weighted by molar-refractivity contribution is -0.0365. The molecule has 0 amide bonds. The van der Waals surface area contributed by atoms with E-state index in [1.165, 1.54) is 0 Å². The summed E-state index contributed by atoms with van der Waals surface area (Å²) >= 11 is 0. The molecule has 3 atom stereocenters. The van der Waals surface area contributed by atoms with E-state index in [4.69, 9.17) is 24.0 Å². The molecule has 7 heteroatoms. The van der Waals surface area contributed by atoms with Gasteiger partial charge in [-0.2, -0.15) is 5.10 Å². The molecule has 3 aromatic rings. The summed E-state index contributed by atoms with van der Waals surface area (Å²) in [6.45, 7) is 6.37. The van der Waals surface area contributed by atoms with Crippen LogP contribution >= 0.6 is 0 Å². The Balaban J connectivity index is 1.64. The third kappa shape index (κ3) is 4.31. The third-order valence-corrected chi connectivity index (χ3v) is 5.89. The zero-order valence-corrected chi connectivity index (χ0v) is 18.1. The van der Waals surface area contributed by atoms with Crippen LogP contribution in [0.1, 0.15) is 51.0 Å². The van der Waals surface area contributed by atoms with Crippen molar-refractivity contribution in [1.29, 1.82) is 0 Å². The van der Waals surface area contributed by atoms with E-state index in [0.29, 0.717) is 19.8 Å². The largest absolute Gasteiger partial charge is 0.488 e. The molecule has 2 aromatic heterocycles. The molecule has 0 radical (unpaired) electrons. The van der Waals surface area contributed by atoms with Gasteiger partial charge < -0.3 is 18.9 Å². The second-order valence-corrected chi connectivity index (χ2v) is 8.32. The molecule has 5 rings (SSSR count). The molecule has 1 fully saturated rings. The monoisotopic (exact) mass is 423 g/mol. The maximum Gasteiger partial charge on any atom is 0.150 e. The molecule has 0 N–H and O–H groups in total. The van der Waals surface area contributed by atoms with Crippen molar-refractivity contribution in [2.75, 3.05) is 26.4 Å².